The summed E-state index contributed by atoms with van der Waals surface area (Å²) in [5.74, 6) is 0. The molecule has 0 bridgehead atoms. The zero-order valence-corrected chi connectivity index (χ0v) is 16.2. The highest BCUT2D eigenvalue weighted by atomic mass is 15.0. The maximum absolute atomic E-state index is 2.67. The molecule has 1 nitrogen and oxygen atoms in total. The number of nitrogens with zero attached hydrogens (tertiary/aromatic N) is 1. The average Bonchev–Trinajstić information content (AvgIpc) is 2.94. The van der Waals surface area contributed by atoms with Crippen LogP contribution in [0, 0.1) is 0 Å². The van der Waals surface area contributed by atoms with E-state index in [1.54, 1.807) is 11.4 Å². The lowest BCUT2D eigenvalue weighted by Crippen LogP contribution is -2.08. The lowest BCUT2D eigenvalue weighted by atomic mass is 10.1. The van der Waals surface area contributed by atoms with Gasteiger partial charge in [-0.3, -0.25) is 0 Å². The molecule has 1 rings (SSSR count). The van der Waals surface area contributed by atoms with Crippen LogP contribution in [0.15, 0.2) is 12.1 Å². The Balaban J connectivity index is 2.53. The van der Waals surface area contributed by atoms with E-state index in [4.69, 9.17) is 0 Å². The summed E-state index contributed by atoms with van der Waals surface area (Å²) in [5, 5.41) is 0. The minimum absolute atomic E-state index is 1.25. The highest BCUT2D eigenvalue weighted by Gasteiger charge is 2.08. The molecule has 134 valence electrons. The normalized spacial score (nSPS) is 11.3. The van der Waals surface area contributed by atoms with Crippen LogP contribution in [-0.4, -0.2) is 4.57 Å². The van der Waals surface area contributed by atoms with Gasteiger partial charge in [0.05, 0.1) is 0 Å². The molecule has 0 atom stereocenters. The number of rotatable bonds is 15. The van der Waals surface area contributed by atoms with Crippen LogP contribution in [0.5, 0.6) is 0 Å². The summed E-state index contributed by atoms with van der Waals surface area (Å²) >= 11 is 0. The minimum Gasteiger partial charge on any atom is -0.349 e. The van der Waals surface area contributed by atoms with E-state index in [1.165, 1.54) is 96.4 Å². The van der Waals surface area contributed by atoms with Gasteiger partial charge < -0.3 is 4.57 Å². The summed E-state index contributed by atoms with van der Waals surface area (Å²) in [6, 6.07) is 4.84. The van der Waals surface area contributed by atoms with Gasteiger partial charge in [0.2, 0.25) is 0 Å². The van der Waals surface area contributed by atoms with E-state index in [9.17, 15) is 0 Å². The highest BCUT2D eigenvalue weighted by Crippen LogP contribution is 2.18. The molecule has 0 radical (unpaired) electrons. The van der Waals surface area contributed by atoms with Crippen molar-refractivity contribution in [2.45, 2.75) is 117 Å². The van der Waals surface area contributed by atoms with Crippen molar-refractivity contribution in [1.29, 1.82) is 0 Å². The summed E-state index contributed by atoms with van der Waals surface area (Å²) in [4.78, 5) is 0. The molecule has 0 unspecified atom stereocenters. The molecule has 0 fully saturated rings. The van der Waals surface area contributed by atoms with Crippen molar-refractivity contribution < 1.29 is 0 Å². The zero-order valence-electron chi connectivity index (χ0n) is 16.2. The van der Waals surface area contributed by atoms with Crippen molar-refractivity contribution >= 4 is 0 Å². The number of unbranched alkanes of at least 4 members (excludes halogenated alkanes) is 9. The van der Waals surface area contributed by atoms with Crippen molar-refractivity contribution in [2.24, 2.45) is 0 Å². The van der Waals surface area contributed by atoms with Gasteiger partial charge in [-0.2, -0.15) is 0 Å². The first-order valence-corrected chi connectivity index (χ1v) is 10.5. The first kappa shape index (κ1) is 20.3. The van der Waals surface area contributed by atoms with Gasteiger partial charge in [-0.15, -0.1) is 0 Å². The molecule has 0 aromatic carbocycles. The summed E-state index contributed by atoms with van der Waals surface area (Å²) in [7, 11) is 0. The Morgan fingerprint density at radius 1 is 0.565 bits per heavy atom. The van der Waals surface area contributed by atoms with Crippen molar-refractivity contribution in [3.8, 4) is 0 Å². The van der Waals surface area contributed by atoms with Crippen LogP contribution in [0.3, 0.4) is 0 Å². The predicted molar refractivity (Wildman–Crippen MR) is 104 cm³/mol. The molecular formula is C22H41N. The van der Waals surface area contributed by atoms with Crippen LogP contribution in [0.2, 0.25) is 0 Å². The van der Waals surface area contributed by atoms with Gasteiger partial charge in [0.1, 0.15) is 0 Å². The molecular weight excluding hydrogens is 278 g/mol. The number of aromatic nitrogens is 1. The summed E-state index contributed by atoms with van der Waals surface area (Å²) in [5.41, 5.74) is 3.20. The molecule has 1 aromatic rings. The van der Waals surface area contributed by atoms with Gasteiger partial charge in [0, 0.05) is 17.9 Å². The van der Waals surface area contributed by atoms with Gasteiger partial charge in [-0.05, 0) is 44.2 Å². The Hall–Kier alpha value is -0.720. The molecule has 0 aliphatic rings. The Bertz CT molecular complexity index is 348. The zero-order chi connectivity index (χ0) is 16.8. The number of hydrogen-bond acceptors (Lipinski definition) is 0. The molecule has 0 saturated heterocycles. The van der Waals surface area contributed by atoms with Crippen LogP contribution in [0.4, 0.5) is 0 Å². The third-order valence-electron chi connectivity index (χ3n) is 4.97. The van der Waals surface area contributed by atoms with Crippen LogP contribution in [0.1, 0.15) is 109 Å². The number of hydrogen-bond donors (Lipinski definition) is 0. The van der Waals surface area contributed by atoms with E-state index in [2.05, 4.69) is 37.5 Å². The van der Waals surface area contributed by atoms with E-state index in [0.29, 0.717) is 0 Å². The lowest BCUT2D eigenvalue weighted by Gasteiger charge is -2.14. The third-order valence-corrected chi connectivity index (χ3v) is 4.97. The van der Waals surface area contributed by atoms with Crippen LogP contribution >= 0.6 is 0 Å². The van der Waals surface area contributed by atoms with Crippen molar-refractivity contribution in [2.75, 3.05) is 0 Å². The fourth-order valence-electron chi connectivity index (χ4n) is 3.44. The maximum atomic E-state index is 2.67. The Labute approximate surface area is 145 Å². The quantitative estimate of drug-likeness (QED) is 0.298. The maximum Gasteiger partial charge on any atom is 0.0224 e. The van der Waals surface area contributed by atoms with Crippen molar-refractivity contribution in [3.63, 3.8) is 0 Å². The second-order valence-corrected chi connectivity index (χ2v) is 7.15. The summed E-state index contributed by atoms with van der Waals surface area (Å²) in [6.45, 7) is 8.14. The SMILES string of the molecule is CCCCCCc1ccc(CCCCCC)n1CCCCCC. The second kappa shape index (κ2) is 13.7. The van der Waals surface area contributed by atoms with Crippen LogP contribution < -0.4 is 0 Å². The minimum atomic E-state index is 1.25. The molecule has 23 heavy (non-hydrogen) atoms. The van der Waals surface area contributed by atoms with E-state index in [0.717, 1.165) is 0 Å². The van der Waals surface area contributed by atoms with Gasteiger partial charge in [-0.25, -0.2) is 0 Å². The second-order valence-electron chi connectivity index (χ2n) is 7.15. The van der Waals surface area contributed by atoms with Crippen LogP contribution in [-0.2, 0) is 19.4 Å². The fourth-order valence-corrected chi connectivity index (χ4v) is 3.44. The van der Waals surface area contributed by atoms with Gasteiger partial charge in [-0.1, -0.05) is 78.6 Å². The predicted octanol–water partition coefficient (Wildman–Crippen LogP) is 7.31. The van der Waals surface area contributed by atoms with E-state index in [-0.39, 0.29) is 0 Å². The highest BCUT2D eigenvalue weighted by molar-refractivity contribution is 5.17. The van der Waals surface area contributed by atoms with E-state index < -0.39 is 0 Å². The Morgan fingerprint density at radius 2 is 1.00 bits per heavy atom. The molecule has 0 amide bonds. The third kappa shape index (κ3) is 8.63. The van der Waals surface area contributed by atoms with Gasteiger partial charge >= 0.3 is 0 Å². The van der Waals surface area contributed by atoms with Gasteiger partial charge in [0.25, 0.3) is 0 Å². The topological polar surface area (TPSA) is 4.93 Å². The number of aryl methyl sites for hydroxylation is 2. The molecule has 0 saturated carbocycles. The van der Waals surface area contributed by atoms with Gasteiger partial charge in [0.15, 0.2) is 0 Å². The first-order valence-electron chi connectivity index (χ1n) is 10.5. The first-order chi connectivity index (χ1) is 11.3. The average molecular weight is 320 g/mol. The molecule has 1 heterocycles. The fraction of sp³-hybridized carbons (Fsp3) is 0.818. The van der Waals surface area contributed by atoms with Crippen molar-refractivity contribution in [3.05, 3.63) is 23.5 Å². The van der Waals surface area contributed by atoms with Crippen LogP contribution in [0.25, 0.3) is 0 Å². The van der Waals surface area contributed by atoms with E-state index >= 15 is 0 Å². The van der Waals surface area contributed by atoms with Crippen molar-refractivity contribution in [1.82, 2.24) is 4.57 Å². The smallest absolute Gasteiger partial charge is 0.0224 e. The summed E-state index contributed by atoms with van der Waals surface area (Å²) in [6.07, 6.45) is 19.0. The largest absolute Gasteiger partial charge is 0.349 e. The molecule has 0 aliphatic heterocycles. The Kier molecular flexibility index (Phi) is 12.1. The standard InChI is InChI=1S/C22H41N/c1-4-7-10-13-16-21-18-19-22(17-14-11-8-5-2)23(21)20-15-12-9-6-3/h18-19H,4-17,20H2,1-3H3. The lowest BCUT2D eigenvalue weighted by molar-refractivity contribution is 0.538. The molecule has 0 aliphatic carbocycles. The van der Waals surface area contributed by atoms with E-state index in [1.807, 2.05) is 0 Å². The monoisotopic (exact) mass is 319 g/mol. The molecule has 0 spiro atoms. The summed E-state index contributed by atoms with van der Waals surface area (Å²) < 4.78 is 2.67. The molecule has 1 aromatic heterocycles. The molecule has 0 N–H and O–H groups in total. The molecule has 1 heteroatoms. The Morgan fingerprint density at radius 3 is 1.43 bits per heavy atom.